The zero-order valence-electron chi connectivity index (χ0n) is 17.7. The summed E-state index contributed by atoms with van der Waals surface area (Å²) in [6.07, 6.45) is 0. The summed E-state index contributed by atoms with van der Waals surface area (Å²) in [5, 5.41) is 6.56. The molecule has 168 valence electrons. The second kappa shape index (κ2) is 9.79. The highest BCUT2D eigenvalue weighted by Gasteiger charge is 2.15. The number of hydrogen-bond acceptors (Lipinski definition) is 5. The zero-order valence-corrected chi connectivity index (χ0v) is 20.1. The van der Waals surface area contributed by atoms with E-state index in [1.807, 2.05) is 32.0 Å². The fraction of sp³-hybridized carbons (Fsp3) is 0.125. The van der Waals surface area contributed by atoms with Gasteiger partial charge in [0.2, 0.25) is 5.89 Å². The van der Waals surface area contributed by atoms with E-state index < -0.39 is 5.91 Å². The van der Waals surface area contributed by atoms with Crippen molar-refractivity contribution >= 4 is 63.2 Å². The summed E-state index contributed by atoms with van der Waals surface area (Å²) < 4.78 is 11.3. The average Bonchev–Trinajstić information content (AvgIpc) is 3.19. The highest BCUT2D eigenvalue weighted by Crippen LogP contribution is 2.32. The third kappa shape index (κ3) is 5.27. The first-order valence-corrected chi connectivity index (χ1v) is 11.2. The normalized spacial score (nSPS) is 10.8. The van der Waals surface area contributed by atoms with Crippen LogP contribution in [0, 0.1) is 6.92 Å². The van der Waals surface area contributed by atoms with Crippen LogP contribution < -0.4 is 15.4 Å². The number of nitrogens with zero attached hydrogens (tertiary/aromatic N) is 1. The first-order chi connectivity index (χ1) is 15.8. The lowest BCUT2D eigenvalue weighted by molar-refractivity contribution is 0.0977. The van der Waals surface area contributed by atoms with E-state index in [1.165, 1.54) is 6.07 Å². The van der Waals surface area contributed by atoms with E-state index in [0.717, 1.165) is 11.1 Å². The van der Waals surface area contributed by atoms with Crippen LogP contribution in [0.5, 0.6) is 5.75 Å². The molecule has 6 nitrogen and oxygen atoms in total. The van der Waals surface area contributed by atoms with Gasteiger partial charge in [-0.25, -0.2) is 4.98 Å². The fourth-order valence-corrected chi connectivity index (χ4v) is 3.81. The lowest BCUT2D eigenvalue weighted by Crippen LogP contribution is -2.34. The molecule has 0 bridgehead atoms. The number of aromatic nitrogens is 1. The predicted octanol–water partition coefficient (Wildman–Crippen LogP) is 6.64. The minimum Gasteiger partial charge on any atom is -0.492 e. The highest BCUT2D eigenvalue weighted by molar-refractivity contribution is 7.80. The van der Waals surface area contributed by atoms with E-state index in [2.05, 4.69) is 15.6 Å². The van der Waals surface area contributed by atoms with Gasteiger partial charge in [0, 0.05) is 11.3 Å². The number of nitrogens with one attached hydrogen (secondary N) is 2. The van der Waals surface area contributed by atoms with Crippen LogP contribution in [-0.4, -0.2) is 22.6 Å². The van der Waals surface area contributed by atoms with Gasteiger partial charge in [0.05, 0.1) is 22.2 Å². The molecule has 0 aliphatic heterocycles. The molecule has 0 aliphatic rings. The number of benzene rings is 3. The molecule has 2 N–H and O–H groups in total. The van der Waals surface area contributed by atoms with Gasteiger partial charge in [-0.1, -0.05) is 29.3 Å². The monoisotopic (exact) mass is 499 g/mol. The van der Waals surface area contributed by atoms with E-state index in [4.69, 9.17) is 44.6 Å². The van der Waals surface area contributed by atoms with Gasteiger partial charge in [-0.2, -0.15) is 0 Å². The number of anilines is 1. The van der Waals surface area contributed by atoms with Crippen LogP contribution in [0.4, 0.5) is 5.69 Å². The molecule has 1 aromatic heterocycles. The van der Waals surface area contributed by atoms with Gasteiger partial charge in [-0.05, 0) is 80.2 Å². The fourth-order valence-electron chi connectivity index (χ4n) is 3.17. The van der Waals surface area contributed by atoms with Crippen molar-refractivity contribution in [3.8, 4) is 17.2 Å². The van der Waals surface area contributed by atoms with E-state index >= 15 is 0 Å². The first-order valence-electron chi connectivity index (χ1n) is 10.1. The van der Waals surface area contributed by atoms with Crippen molar-refractivity contribution in [3.05, 3.63) is 75.8 Å². The quantitative estimate of drug-likeness (QED) is 0.300. The number of thiocarbonyl (C=S) groups is 1. The Balaban J connectivity index is 1.49. The number of halogens is 2. The maximum atomic E-state index is 12.6. The van der Waals surface area contributed by atoms with Crippen molar-refractivity contribution in [1.82, 2.24) is 10.3 Å². The largest absolute Gasteiger partial charge is 0.492 e. The molecule has 0 saturated heterocycles. The SMILES string of the molecule is CCOc1ccc(C(=O)NC(=S)Nc2ccc(Cl)c(-c3nc4ccc(C)cc4o3)c2)cc1Cl. The summed E-state index contributed by atoms with van der Waals surface area (Å²) in [6.45, 7) is 4.32. The molecule has 3 aromatic carbocycles. The standard InChI is InChI=1S/C24H19Cl2N3O3S/c1-3-31-20-9-5-14(11-18(20)26)22(30)29-24(33)27-15-6-7-17(25)16(12-15)23-28-19-8-4-13(2)10-21(19)32-23/h4-12H,3H2,1-2H3,(H2,27,29,30,33). The molecule has 0 fully saturated rings. The van der Waals surface area contributed by atoms with Crippen molar-refractivity contribution < 1.29 is 13.9 Å². The summed E-state index contributed by atoms with van der Waals surface area (Å²) in [6, 6.07) is 15.8. The Labute approximate surface area is 205 Å². The Morgan fingerprint density at radius 1 is 1.09 bits per heavy atom. The van der Waals surface area contributed by atoms with Gasteiger partial charge in [-0.3, -0.25) is 10.1 Å². The van der Waals surface area contributed by atoms with Crippen molar-refractivity contribution in [2.45, 2.75) is 13.8 Å². The smallest absolute Gasteiger partial charge is 0.257 e. The summed E-state index contributed by atoms with van der Waals surface area (Å²) in [5.41, 5.74) is 4.05. The predicted molar refractivity (Wildman–Crippen MR) is 135 cm³/mol. The van der Waals surface area contributed by atoms with Gasteiger partial charge in [-0.15, -0.1) is 0 Å². The van der Waals surface area contributed by atoms with Crippen LogP contribution in [0.1, 0.15) is 22.8 Å². The van der Waals surface area contributed by atoms with Crippen LogP contribution >= 0.6 is 35.4 Å². The van der Waals surface area contributed by atoms with Gasteiger partial charge < -0.3 is 14.5 Å². The Morgan fingerprint density at radius 2 is 1.91 bits per heavy atom. The number of aryl methyl sites for hydroxylation is 1. The zero-order chi connectivity index (χ0) is 23.5. The van der Waals surface area contributed by atoms with Crippen LogP contribution in [0.25, 0.3) is 22.6 Å². The Kier molecular flexibility index (Phi) is 6.83. The molecule has 4 aromatic rings. The number of ether oxygens (including phenoxy) is 1. The number of fused-ring (bicyclic) bond motifs is 1. The van der Waals surface area contributed by atoms with E-state index in [1.54, 1.807) is 30.3 Å². The van der Waals surface area contributed by atoms with Crippen LogP contribution in [0.2, 0.25) is 10.0 Å². The third-order valence-corrected chi connectivity index (χ3v) is 5.55. The molecule has 4 rings (SSSR count). The van der Waals surface area contributed by atoms with Crippen LogP contribution in [0.15, 0.2) is 59.0 Å². The molecule has 0 atom stereocenters. The van der Waals surface area contributed by atoms with Crippen molar-refractivity contribution in [2.75, 3.05) is 11.9 Å². The molecule has 0 aliphatic carbocycles. The lowest BCUT2D eigenvalue weighted by Gasteiger charge is -2.12. The molecule has 0 unspecified atom stereocenters. The lowest BCUT2D eigenvalue weighted by atomic mass is 10.2. The molecule has 0 spiro atoms. The van der Waals surface area contributed by atoms with Gasteiger partial charge >= 0.3 is 0 Å². The van der Waals surface area contributed by atoms with Crippen molar-refractivity contribution in [2.24, 2.45) is 0 Å². The second-order valence-electron chi connectivity index (χ2n) is 7.17. The molecule has 1 amide bonds. The Bertz CT molecular complexity index is 1370. The first kappa shape index (κ1) is 23.0. The molecule has 9 heteroatoms. The molecule has 0 saturated carbocycles. The van der Waals surface area contributed by atoms with Gasteiger partial charge in [0.15, 0.2) is 10.7 Å². The minimum absolute atomic E-state index is 0.117. The van der Waals surface area contributed by atoms with Crippen LogP contribution in [0.3, 0.4) is 0 Å². The Hall–Kier alpha value is -3.13. The number of oxazole rings is 1. The van der Waals surface area contributed by atoms with Gasteiger partial charge in [0.25, 0.3) is 5.91 Å². The molecular weight excluding hydrogens is 481 g/mol. The van der Waals surface area contributed by atoms with Crippen LogP contribution in [-0.2, 0) is 0 Å². The Morgan fingerprint density at radius 3 is 2.67 bits per heavy atom. The summed E-state index contributed by atoms with van der Waals surface area (Å²) in [5.74, 6) is 0.503. The van der Waals surface area contributed by atoms with E-state index in [0.29, 0.717) is 50.7 Å². The average molecular weight is 500 g/mol. The van der Waals surface area contributed by atoms with Crippen molar-refractivity contribution in [3.63, 3.8) is 0 Å². The third-order valence-electron chi connectivity index (χ3n) is 4.72. The number of carbonyl (C=O) groups excluding carboxylic acids is 1. The van der Waals surface area contributed by atoms with Gasteiger partial charge in [0.1, 0.15) is 11.3 Å². The summed E-state index contributed by atoms with van der Waals surface area (Å²) >= 11 is 17.9. The highest BCUT2D eigenvalue weighted by atomic mass is 35.5. The molecule has 33 heavy (non-hydrogen) atoms. The number of carbonyl (C=O) groups is 1. The second-order valence-corrected chi connectivity index (χ2v) is 8.39. The summed E-state index contributed by atoms with van der Waals surface area (Å²) in [7, 11) is 0. The molecular formula is C24H19Cl2N3O3S. The van der Waals surface area contributed by atoms with Crippen molar-refractivity contribution in [1.29, 1.82) is 0 Å². The summed E-state index contributed by atoms with van der Waals surface area (Å²) in [4.78, 5) is 17.1. The molecule has 1 heterocycles. The van der Waals surface area contributed by atoms with E-state index in [9.17, 15) is 4.79 Å². The van der Waals surface area contributed by atoms with E-state index in [-0.39, 0.29) is 5.11 Å². The maximum Gasteiger partial charge on any atom is 0.257 e. The number of rotatable bonds is 5. The number of amides is 1. The maximum absolute atomic E-state index is 12.6. The molecule has 0 radical (unpaired) electrons. The number of hydrogen-bond donors (Lipinski definition) is 2. The topological polar surface area (TPSA) is 76.4 Å². The minimum atomic E-state index is -0.402.